The molecule has 0 radical (unpaired) electrons. The van der Waals surface area contributed by atoms with Crippen LogP contribution in [0.3, 0.4) is 0 Å². The summed E-state index contributed by atoms with van der Waals surface area (Å²) in [5.41, 5.74) is 2.14. The number of halogens is 1. The van der Waals surface area contributed by atoms with Crippen LogP contribution in [0.5, 0.6) is 0 Å². The Morgan fingerprint density at radius 2 is 1.72 bits per heavy atom. The van der Waals surface area contributed by atoms with E-state index in [0.717, 1.165) is 5.56 Å². The van der Waals surface area contributed by atoms with Gasteiger partial charge in [-0.2, -0.15) is 0 Å². The van der Waals surface area contributed by atoms with E-state index < -0.39 is 16.1 Å². The number of rotatable bonds is 6. The summed E-state index contributed by atoms with van der Waals surface area (Å²) in [5, 5.41) is 5.79. The molecule has 0 saturated carbocycles. The lowest BCUT2D eigenvalue weighted by atomic mass is 10.2. The van der Waals surface area contributed by atoms with Gasteiger partial charge < -0.3 is 10.6 Å². The topological polar surface area (TPSA) is 87.3 Å². The van der Waals surface area contributed by atoms with Crippen LogP contribution in [0.1, 0.15) is 11.1 Å². The van der Waals surface area contributed by atoms with Crippen molar-refractivity contribution >= 4 is 33.3 Å². The maximum atomic E-state index is 12.3. The van der Waals surface area contributed by atoms with Gasteiger partial charge in [-0.1, -0.05) is 23.7 Å². The van der Waals surface area contributed by atoms with Crippen LogP contribution in [0.4, 0.5) is 10.5 Å². The first-order valence-electron chi connectivity index (χ1n) is 7.65. The molecule has 0 heterocycles. The van der Waals surface area contributed by atoms with Crippen LogP contribution in [0, 0.1) is 13.8 Å². The van der Waals surface area contributed by atoms with Crippen LogP contribution in [0.25, 0.3) is 0 Å². The number of anilines is 1. The van der Waals surface area contributed by atoms with Gasteiger partial charge in [-0.25, -0.2) is 17.9 Å². The minimum Gasteiger partial charge on any atom is -0.337 e. The Hall–Kier alpha value is -2.09. The SMILES string of the molecule is Cc1ccc(C)c(S(=O)(=O)NCCNC(=O)Nc2ccc(Cl)cc2)c1. The molecule has 2 amide bonds. The molecule has 0 aromatic heterocycles. The lowest BCUT2D eigenvalue weighted by Gasteiger charge is -2.11. The van der Waals surface area contributed by atoms with E-state index in [1.54, 1.807) is 43.3 Å². The number of urea groups is 1. The van der Waals surface area contributed by atoms with E-state index in [4.69, 9.17) is 11.6 Å². The average Bonchev–Trinajstić information content (AvgIpc) is 2.56. The maximum Gasteiger partial charge on any atom is 0.319 e. The molecular weight excluding hydrogens is 362 g/mol. The molecule has 0 aliphatic carbocycles. The van der Waals surface area contributed by atoms with Crippen molar-refractivity contribution in [1.29, 1.82) is 0 Å². The Bertz CT molecular complexity index is 852. The molecule has 0 saturated heterocycles. The molecule has 0 bridgehead atoms. The van der Waals surface area contributed by atoms with E-state index in [1.807, 2.05) is 13.0 Å². The third kappa shape index (κ3) is 5.74. The van der Waals surface area contributed by atoms with E-state index in [-0.39, 0.29) is 18.0 Å². The predicted molar refractivity (Wildman–Crippen MR) is 99.6 cm³/mol. The molecule has 8 heteroatoms. The number of benzene rings is 2. The first-order valence-corrected chi connectivity index (χ1v) is 9.51. The zero-order valence-electron chi connectivity index (χ0n) is 14.0. The van der Waals surface area contributed by atoms with Crippen molar-refractivity contribution in [2.45, 2.75) is 18.7 Å². The summed E-state index contributed by atoms with van der Waals surface area (Å²) < 4.78 is 27.1. The number of carbonyl (C=O) groups is 1. The Balaban J connectivity index is 1.82. The molecule has 2 aromatic carbocycles. The summed E-state index contributed by atoms with van der Waals surface area (Å²) in [6, 6.07) is 11.5. The Morgan fingerprint density at radius 1 is 1.04 bits per heavy atom. The largest absolute Gasteiger partial charge is 0.337 e. The molecule has 2 aromatic rings. The normalized spacial score (nSPS) is 11.2. The summed E-state index contributed by atoms with van der Waals surface area (Å²) in [6.07, 6.45) is 0. The lowest BCUT2D eigenvalue weighted by Crippen LogP contribution is -2.37. The highest BCUT2D eigenvalue weighted by Crippen LogP contribution is 2.16. The van der Waals surface area contributed by atoms with Crippen molar-refractivity contribution < 1.29 is 13.2 Å². The van der Waals surface area contributed by atoms with Crippen LogP contribution in [-0.4, -0.2) is 27.5 Å². The molecule has 2 rings (SSSR count). The van der Waals surface area contributed by atoms with Gasteiger partial charge in [0.25, 0.3) is 0 Å². The Kier molecular flexibility index (Phi) is 6.41. The van der Waals surface area contributed by atoms with Crippen LogP contribution in [0.15, 0.2) is 47.4 Å². The highest BCUT2D eigenvalue weighted by molar-refractivity contribution is 7.89. The summed E-state index contributed by atoms with van der Waals surface area (Å²) in [7, 11) is -3.61. The molecule has 0 aliphatic rings. The smallest absolute Gasteiger partial charge is 0.319 e. The minimum atomic E-state index is -3.61. The third-order valence-corrected chi connectivity index (χ3v) is 5.29. The number of carbonyl (C=O) groups excluding carboxylic acids is 1. The van der Waals surface area contributed by atoms with Crippen LogP contribution >= 0.6 is 11.6 Å². The maximum absolute atomic E-state index is 12.3. The van der Waals surface area contributed by atoms with Crippen molar-refractivity contribution in [3.63, 3.8) is 0 Å². The third-order valence-electron chi connectivity index (χ3n) is 3.44. The number of hydrogen-bond acceptors (Lipinski definition) is 3. The van der Waals surface area contributed by atoms with Gasteiger partial charge in [-0.05, 0) is 55.3 Å². The average molecular weight is 382 g/mol. The highest BCUT2D eigenvalue weighted by Gasteiger charge is 2.16. The summed E-state index contributed by atoms with van der Waals surface area (Å²) >= 11 is 5.77. The standard InChI is InChI=1S/C17H20ClN3O3S/c1-12-3-4-13(2)16(11-12)25(23,24)20-10-9-19-17(22)21-15-7-5-14(18)6-8-15/h3-8,11,20H,9-10H2,1-2H3,(H2,19,21,22). The first kappa shape index (κ1) is 19.2. The van der Waals surface area contributed by atoms with Crippen molar-refractivity contribution in [3.05, 3.63) is 58.6 Å². The monoisotopic (exact) mass is 381 g/mol. The fourth-order valence-electron chi connectivity index (χ4n) is 2.14. The quantitative estimate of drug-likeness (QED) is 0.672. The lowest BCUT2D eigenvalue weighted by molar-refractivity contribution is 0.252. The van der Waals surface area contributed by atoms with Crippen LogP contribution in [-0.2, 0) is 10.0 Å². The van der Waals surface area contributed by atoms with Crippen LogP contribution < -0.4 is 15.4 Å². The molecule has 3 N–H and O–H groups in total. The first-order chi connectivity index (χ1) is 11.8. The van der Waals surface area contributed by atoms with Gasteiger partial charge >= 0.3 is 6.03 Å². The number of nitrogens with one attached hydrogen (secondary N) is 3. The van der Waals surface area contributed by atoms with Gasteiger partial charge in [0.2, 0.25) is 10.0 Å². The van der Waals surface area contributed by atoms with Crippen molar-refractivity contribution in [3.8, 4) is 0 Å². The van der Waals surface area contributed by atoms with E-state index in [1.165, 1.54) is 0 Å². The van der Waals surface area contributed by atoms with Crippen molar-refractivity contribution in [2.75, 3.05) is 18.4 Å². The number of amides is 2. The van der Waals surface area contributed by atoms with Gasteiger partial charge in [0, 0.05) is 23.8 Å². The van der Waals surface area contributed by atoms with Crippen molar-refractivity contribution in [1.82, 2.24) is 10.0 Å². The molecule has 0 fully saturated rings. The Morgan fingerprint density at radius 3 is 2.40 bits per heavy atom. The number of sulfonamides is 1. The van der Waals surface area contributed by atoms with Gasteiger partial charge in [0.15, 0.2) is 0 Å². The molecule has 6 nitrogen and oxygen atoms in total. The fraction of sp³-hybridized carbons (Fsp3) is 0.235. The minimum absolute atomic E-state index is 0.0871. The van der Waals surface area contributed by atoms with Gasteiger partial charge in [0.1, 0.15) is 0 Å². The van der Waals surface area contributed by atoms with Crippen LogP contribution in [0.2, 0.25) is 5.02 Å². The number of hydrogen-bond donors (Lipinski definition) is 3. The summed E-state index contributed by atoms with van der Waals surface area (Å²) in [6.45, 7) is 3.82. The molecule has 134 valence electrons. The predicted octanol–water partition coefficient (Wildman–Crippen LogP) is 3.06. The summed E-state index contributed by atoms with van der Waals surface area (Å²) in [4.78, 5) is 12.0. The molecular formula is C17H20ClN3O3S. The summed E-state index contributed by atoms with van der Waals surface area (Å²) in [5.74, 6) is 0. The van der Waals surface area contributed by atoms with Gasteiger partial charge in [-0.3, -0.25) is 0 Å². The zero-order chi connectivity index (χ0) is 18.4. The second-order valence-electron chi connectivity index (χ2n) is 5.55. The highest BCUT2D eigenvalue weighted by atomic mass is 35.5. The van der Waals surface area contributed by atoms with E-state index in [9.17, 15) is 13.2 Å². The van der Waals surface area contributed by atoms with Gasteiger partial charge in [-0.15, -0.1) is 0 Å². The van der Waals surface area contributed by atoms with E-state index in [2.05, 4.69) is 15.4 Å². The van der Waals surface area contributed by atoms with Gasteiger partial charge in [0.05, 0.1) is 4.90 Å². The van der Waals surface area contributed by atoms with E-state index >= 15 is 0 Å². The molecule has 25 heavy (non-hydrogen) atoms. The second-order valence-corrected chi connectivity index (χ2v) is 7.73. The second kappa shape index (κ2) is 8.33. The van der Waals surface area contributed by atoms with E-state index in [0.29, 0.717) is 16.3 Å². The molecule has 0 spiro atoms. The Labute approximate surface area is 152 Å². The molecule has 0 unspecified atom stereocenters. The fourth-order valence-corrected chi connectivity index (χ4v) is 3.63. The van der Waals surface area contributed by atoms with Crippen molar-refractivity contribution in [2.24, 2.45) is 0 Å². The number of aryl methyl sites for hydroxylation is 2. The molecule has 0 aliphatic heterocycles. The molecule has 0 atom stereocenters. The zero-order valence-corrected chi connectivity index (χ0v) is 15.5.